The lowest BCUT2D eigenvalue weighted by molar-refractivity contribution is 0.0992. The Morgan fingerprint density at radius 1 is 0.972 bits per heavy atom. The summed E-state index contributed by atoms with van der Waals surface area (Å²) in [5.41, 5.74) is -0.352. The lowest BCUT2D eigenvalue weighted by Gasteiger charge is -2.10. The average molecular weight is 570 g/mol. The summed E-state index contributed by atoms with van der Waals surface area (Å²) >= 11 is 3.33. The fraction of sp³-hybridized carbons (Fsp3) is 0.167. The standard InChI is InChI=1S/C24H17BrF5N3O3/c1-11-23(12(2)33(32-11)9-16-18(26)20(28)22(30)21(29)19(16)27)31-24(34)17-8-7-15(36-17)10-35-14-5-3-13(25)4-6-14/h3-8H,9-10H2,1-2H3,(H,31,34). The number of anilines is 1. The van der Waals surface area contributed by atoms with E-state index in [0.29, 0.717) is 11.5 Å². The lowest BCUT2D eigenvalue weighted by atomic mass is 10.1. The molecule has 2 aromatic carbocycles. The number of benzene rings is 2. The summed E-state index contributed by atoms with van der Waals surface area (Å²) in [6.45, 7) is 2.32. The minimum absolute atomic E-state index is 0.0317. The fourth-order valence-electron chi connectivity index (χ4n) is 3.41. The van der Waals surface area contributed by atoms with Crippen LogP contribution in [0.2, 0.25) is 0 Å². The number of amides is 1. The molecule has 6 nitrogen and oxygen atoms in total. The summed E-state index contributed by atoms with van der Waals surface area (Å²) in [6.07, 6.45) is 0. The number of aromatic nitrogens is 2. The topological polar surface area (TPSA) is 69.3 Å². The normalized spacial score (nSPS) is 11.1. The zero-order chi connectivity index (χ0) is 26.1. The first-order chi connectivity index (χ1) is 17.1. The lowest BCUT2D eigenvalue weighted by Crippen LogP contribution is -2.14. The van der Waals surface area contributed by atoms with Crippen molar-refractivity contribution in [1.82, 2.24) is 9.78 Å². The highest BCUT2D eigenvalue weighted by Crippen LogP contribution is 2.27. The van der Waals surface area contributed by atoms with E-state index >= 15 is 0 Å². The number of carbonyl (C=O) groups excluding carboxylic acids is 1. The summed E-state index contributed by atoms with van der Waals surface area (Å²) < 4.78 is 81.7. The number of hydrogen-bond donors (Lipinski definition) is 1. The van der Waals surface area contributed by atoms with Crippen molar-refractivity contribution in [2.24, 2.45) is 0 Å². The van der Waals surface area contributed by atoms with Crippen LogP contribution in [0.3, 0.4) is 0 Å². The van der Waals surface area contributed by atoms with Crippen LogP contribution in [0.4, 0.5) is 27.6 Å². The minimum Gasteiger partial charge on any atom is -0.486 e. The molecule has 1 amide bonds. The minimum atomic E-state index is -2.24. The van der Waals surface area contributed by atoms with Gasteiger partial charge < -0.3 is 14.5 Å². The molecule has 0 unspecified atom stereocenters. The van der Waals surface area contributed by atoms with Gasteiger partial charge in [0.15, 0.2) is 29.0 Å². The predicted molar refractivity (Wildman–Crippen MR) is 122 cm³/mol. The zero-order valence-corrected chi connectivity index (χ0v) is 20.4. The highest BCUT2D eigenvalue weighted by molar-refractivity contribution is 9.10. The SMILES string of the molecule is Cc1nn(Cc2c(F)c(F)c(F)c(F)c2F)c(C)c1NC(=O)c1ccc(COc2ccc(Br)cc2)o1. The molecule has 12 heteroatoms. The number of aryl methyl sites for hydroxylation is 1. The molecule has 2 heterocycles. The molecule has 0 radical (unpaired) electrons. The number of ether oxygens (including phenoxy) is 1. The molecule has 0 fully saturated rings. The van der Waals surface area contributed by atoms with Crippen molar-refractivity contribution in [3.05, 3.63) is 98.4 Å². The molecule has 0 spiro atoms. The zero-order valence-electron chi connectivity index (χ0n) is 18.8. The second-order valence-electron chi connectivity index (χ2n) is 7.71. The van der Waals surface area contributed by atoms with Crippen molar-refractivity contribution in [2.75, 3.05) is 5.32 Å². The molecule has 0 aliphatic heterocycles. The average Bonchev–Trinajstić information content (AvgIpc) is 3.44. The molecule has 2 aromatic heterocycles. The summed E-state index contributed by atoms with van der Waals surface area (Å²) in [5, 5.41) is 6.66. The Balaban J connectivity index is 1.48. The van der Waals surface area contributed by atoms with Gasteiger partial charge in [-0.3, -0.25) is 9.48 Å². The molecule has 36 heavy (non-hydrogen) atoms. The Hall–Kier alpha value is -3.67. The predicted octanol–water partition coefficient (Wildman–Crippen LogP) is 6.43. The van der Waals surface area contributed by atoms with Gasteiger partial charge in [0.1, 0.15) is 18.1 Å². The molecule has 1 N–H and O–H groups in total. The van der Waals surface area contributed by atoms with Gasteiger partial charge in [-0.1, -0.05) is 15.9 Å². The Labute approximate surface area is 209 Å². The maximum atomic E-state index is 14.1. The van der Waals surface area contributed by atoms with Crippen LogP contribution in [0.15, 0.2) is 45.3 Å². The van der Waals surface area contributed by atoms with Crippen LogP contribution in [0.25, 0.3) is 0 Å². The number of hydrogen-bond acceptors (Lipinski definition) is 4. The fourth-order valence-corrected chi connectivity index (χ4v) is 3.67. The molecule has 0 aliphatic rings. The Kier molecular flexibility index (Phi) is 7.16. The van der Waals surface area contributed by atoms with E-state index in [4.69, 9.17) is 9.15 Å². The largest absolute Gasteiger partial charge is 0.486 e. The van der Waals surface area contributed by atoms with Crippen LogP contribution in [0, 0.1) is 42.9 Å². The third-order valence-corrected chi connectivity index (χ3v) is 5.84. The van der Waals surface area contributed by atoms with E-state index in [1.54, 1.807) is 18.2 Å². The molecular formula is C24H17BrF5N3O3. The number of nitrogens with zero attached hydrogens (tertiary/aromatic N) is 2. The van der Waals surface area contributed by atoms with E-state index < -0.39 is 47.1 Å². The second-order valence-corrected chi connectivity index (χ2v) is 8.63. The molecule has 0 bridgehead atoms. The maximum absolute atomic E-state index is 14.1. The molecule has 0 aliphatic carbocycles. The second kappa shape index (κ2) is 10.1. The highest BCUT2D eigenvalue weighted by Gasteiger charge is 2.27. The van der Waals surface area contributed by atoms with Crippen molar-refractivity contribution in [3.8, 4) is 5.75 Å². The quantitative estimate of drug-likeness (QED) is 0.158. The summed E-state index contributed by atoms with van der Waals surface area (Å²) in [5.74, 6) is -9.89. The monoisotopic (exact) mass is 569 g/mol. The third kappa shape index (κ3) is 4.99. The third-order valence-electron chi connectivity index (χ3n) is 5.31. The van der Waals surface area contributed by atoms with Gasteiger partial charge >= 0.3 is 0 Å². The Morgan fingerprint density at radius 3 is 2.22 bits per heavy atom. The van der Waals surface area contributed by atoms with Crippen molar-refractivity contribution in [1.29, 1.82) is 0 Å². The molecule has 0 atom stereocenters. The van der Waals surface area contributed by atoms with Crippen molar-refractivity contribution >= 4 is 27.5 Å². The van der Waals surface area contributed by atoms with Crippen molar-refractivity contribution < 1.29 is 35.9 Å². The van der Waals surface area contributed by atoms with Crippen LogP contribution in [0.5, 0.6) is 5.75 Å². The van der Waals surface area contributed by atoms with E-state index in [0.717, 1.165) is 9.15 Å². The number of nitrogens with one attached hydrogen (secondary N) is 1. The first-order valence-electron chi connectivity index (χ1n) is 10.4. The van der Waals surface area contributed by atoms with Crippen LogP contribution in [0.1, 0.15) is 33.3 Å². The Morgan fingerprint density at radius 2 is 1.58 bits per heavy atom. The number of furan rings is 1. The summed E-state index contributed by atoms with van der Waals surface area (Å²) in [6, 6.07) is 10.2. The smallest absolute Gasteiger partial charge is 0.291 e. The van der Waals surface area contributed by atoms with Crippen LogP contribution in [-0.4, -0.2) is 15.7 Å². The van der Waals surface area contributed by atoms with Gasteiger partial charge in [0.25, 0.3) is 5.91 Å². The van der Waals surface area contributed by atoms with Gasteiger partial charge in [-0.15, -0.1) is 0 Å². The molecule has 4 rings (SSSR count). The van der Waals surface area contributed by atoms with Gasteiger partial charge in [0.2, 0.25) is 5.82 Å². The first kappa shape index (κ1) is 25.4. The van der Waals surface area contributed by atoms with E-state index in [2.05, 4.69) is 26.3 Å². The van der Waals surface area contributed by atoms with Crippen LogP contribution >= 0.6 is 15.9 Å². The van der Waals surface area contributed by atoms with E-state index in [9.17, 15) is 26.7 Å². The Bertz CT molecular complexity index is 1420. The highest BCUT2D eigenvalue weighted by atomic mass is 79.9. The van der Waals surface area contributed by atoms with Crippen LogP contribution in [-0.2, 0) is 13.2 Å². The van der Waals surface area contributed by atoms with Crippen molar-refractivity contribution in [2.45, 2.75) is 27.0 Å². The molecule has 4 aromatic rings. The summed E-state index contributed by atoms with van der Waals surface area (Å²) in [4.78, 5) is 12.7. The van der Waals surface area contributed by atoms with Gasteiger partial charge in [0, 0.05) is 4.47 Å². The molecular weight excluding hydrogens is 553 g/mol. The van der Waals surface area contributed by atoms with Gasteiger partial charge in [-0.25, -0.2) is 22.0 Å². The number of carbonyl (C=O) groups is 1. The van der Waals surface area contributed by atoms with E-state index in [1.807, 2.05) is 12.1 Å². The number of halogens is 6. The van der Waals surface area contributed by atoms with E-state index in [-0.39, 0.29) is 29.4 Å². The summed E-state index contributed by atoms with van der Waals surface area (Å²) in [7, 11) is 0. The van der Waals surface area contributed by atoms with Gasteiger partial charge in [-0.2, -0.15) is 5.10 Å². The molecule has 0 saturated heterocycles. The first-order valence-corrected chi connectivity index (χ1v) is 11.2. The van der Waals surface area contributed by atoms with Crippen molar-refractivity contribution in [3.63, 3.8) is 0 Å². The van der Waals surface area contributed by atoms with E-state index in [1.165, 1.54) is 19.9 Å². The maximum Gasteiger partial charge on any atom is 0.291 e. The van der Waals surface area contributed by atoms with Gasteiger partial charge in [-0.05, 0) is 50.2 Å². The molecule has 188 valence electrons. The molecule has 0 saturated carbocycles. The van der Waals surface area contributed by atoms with Gasteiger partial charge in [0.05, 0.1) is 29.2 Å². The van der Waals surface area contributed by atoms with Crippen LogP contribution < -0.4 is 10.1 Å². The number of rotatable bonds is 7.